The van der Waals surface area contributed by atoms with Gasteiger partial charge < -0.3 is 22.9 Å². The number of nitrogens with zero attached hydrogens (tertiary/aromatic N) is 2. The molecule has 0 rings (SSSR count). The molecule has 0 atom stereocenters. The van der Waals surface area contributed by atoms with E-state index in [0.717, 1.165) is 25.7 Å². The number of aliphatic imine (C=N–C) groups is 2. The number of unbranched alkanes of at least 4 members (excludes halogenated alkanes) is 3. The Labute approximate surface area is 109 Å². The first-order valence-corrected chi connectivity index (χ1v) is 4.73. The maximum atomic E-state index is 5.17. The number of rotatable bonds is 7. The third-order valence-electron chi connectivity index (χ3n) is 1.65. The van der Waals surface area contributed by atoms with Crippen molar-refractivity contribution in [1.82, 2.24) is 0 Å². The summed E-state index contributed by atoms with van der Waals surface area (Å²) in [7, 11) is 0. The molecule has 0 radical (unpaired) electrons. The smallest absolute Gasteiger partial charge is 0.185 e. The second kappa shape index (κ2) is 14.1. The van der Waals surface area contributed by atoms with Crippen LogP contribution >= 0.6 is 24.8 Å². The molecule has 16 heavy (non-hydrogen) atoms. The van der Waals surface area contributed by atoms with Crippen molar-refractivity contribution >= 4 is 36.7 Å². The van der Waals surface area contributed by atoms with Gasteiger partial charge in [0, 0.05) is 13.1 Å². The predicted molar refractivity (Wildman–Crippen MR) is 74.3 cm³/mol. The highest BCUT2D eigenvalue weighted by Crippen LogP contribution is 1.99. The van der Waals surface area contributed by atoms with E-state index in [4.69, 9.17) is 22.9 Å². The molecule has 98 valence electrons. The number of hydrogen-bond acceptors (Lipinski definition) is 2. The first-order valence-electron chi connectivity index (χ1n) is 4.73. The lowest BCUT2D eigenvalue weighted by atomic mass is 10.2. The molecule has 0 aliphatic carbocycles. The molecule has 0 bridgehead atoms. The summed E-state index contributed by atoms with van der Waals surface area (Å²) in [6, 6.07) is 0. The van der Waals surface area contributed by atoms with E-state index in [1.807, 2.05) is 0 Å². The zero-order valence-corrected chi connectivity index (χ0v) is 10.9. The van der Waals surface area contributed by atoms with Gasteiger partial charge in [0.2, 0.25) is 0 Å². The van der Waals surface area contributed by atoms with E-state index >= 15 is 0 Å². The SMILES string of the molecule is Cl.Cl.NC(N)=NCCCCCCN=C(N)N. The van der Waals surface area contributed by atoms with Crippen LogP contribution in [0, 0.1) is 0 Å². The summed E-state index contributed by atoms with van der Waals surface area (Å²) >= 11 is 0. The van der Waals surface area contributed by atoms with Gasteiger partial charge in [0.05, 0.1) is 0 Å². The highest BCUT2D eigenvalue weighted by atomic mass is 35.5. The molecular formula is C8H22Cl2N6. The zero-order chi connectivity index (χ0) is 10.8. The van der Waals surface area contributed by atoms with E-state index in [1.165, 1.54) is 0 Å². The Morgan fingerprint density at radius 1 is 0.625 bits per heavy atom. The summed E-state index contributed by atoms with van der Waals surface area (Å²) in [6.45, 7) is 1.40. The normalized spacial score (nSPS) is 8.25. The Balaban J connectivity index is -0.000000845. The van der Waals surface area contributed by atoms with Crippen molar-refractivity contribution in [2.75, 3.05) is 13.1 Å². The highest BCUT2D eigenvalue weighted by molar-refractivity contribution is 5.85. The Hall–Kier alpha value is -0.880. The van der Waals surface area contributed by atoms with Crippen molar-refractivity contribution in [3.05, 3.63) is 0 Å². The van der Waals surface area contributed by atoms with E-state index < -0.39 is 0 Å². The Morgan fingerprint density at radius 2 is 0.938 bits per heavy atom. The second-order valence-electron chi connectivity index (χ2n) is 3.03. The van der Waals surface area contributed by atoms with Gasteiger partial charge >= 0.3 is 0 Å². The van der Waals surface area contributed by atoms with Crippen molar-refractivity contribution in [2.45, 2.75) is 25.7 Å². The van der Waals surface area contributed by atoms with Gasteiger partial charge in [-0.05, 0) is 12.8 Å². The average molecular weight is 273 g/mol. The van der Waals surface area contributed by atoms with Crippen LogP contribution in [0.1, 0.15) is 25.7 Å². The molecule has 0 fully saturated rings. The molecule has 0 saturated heterocycles. The molecule has 0 aliphatic heterocycles. The van der Waals surface area contributed by atoms with Crippen LogP contribution in [-0.4, -0.2) is 25.0 Å². The highest BCUT2D eigenvalue weighted by Gasteiger charge is 1.89. The Kier molecular flexibility index (Phi) is 18.1. The van der Waals surface area contributed by atoms with Gasteiger partial charge in [0.1, 0.15) is 0 Å². The van der Waals surface area contributed by atoms with Gasteiger partial charge in [-0.25, -0.2) is 0 Å². The van der Waals surface area contributed by atoms with Crippen LogP contribution in [0.4, 0.5) is 0 Å². The summed E-state index contributed by atoms with van der Waals surface area (Å²) in [4.78, 5) is 7.75. The second-order valence-corrected chi connectivity index (χ2v) is 3.03. The van der Waals surface area contributed by atoms with Crippen LogP contribution < -0.4 is 22.9 Å². The van der Waals surface area contributed by atoms with E-state index in [-0.39, 0.29) is 36.7 Å². The van der Waals surface area contributed by atoms with E-state index in [2.05, 4.69) is 9.98 Å². The summed E-state index contributed by atoms with van der Waals surface area (Å²) in [5, 5.41) is 0. The summed E-state index contributed by atoms with van der Waals surface area (Å²) in [6.07, 6.45) is 4.19. The fourth-order valence-electron chi connectivity index (χ4n) is 0.993. The Bertz CT molecular complexity index is 177. The quantitative estimate of drug-likeness (QED) is 0.294. The van der Waals surface area contributed by atoms with Crippen LogP contribution in [0.15, 0.2) is 9.98 Å². The molecule has 8 N–H and O–H groups in total. The number of halogens is 2. The average Bonchev–Trinajstić information content (AvgIpc) is 2.08. The monoisotopic (exact) mass is 272 g/mol. The molecule has 0 heterocycles. The zero-order valence-electron chi connectivity index (χ0n) is 9.26. The van der Waals surface area contributed by atoms with Crippen LogP contribution in [0.25, 0.3) is 0 Å². The molecule has 8 heteroatoms. The molecular weight excluding hydrogens is 251 g/mol. The molecule has 0 aromatic rings. The maximum absolute atomic E-state index is 5.17. The molecule has 0 amide bonds. The lowest BCUT2D eigenvalue weighted by Crippen LogP contribution is -2.23. The summed E-state index contributed by atoms with van der Waals surface area (Å²) in [5.74, 6) is 0.316. The molecule has 0 spiro atoms. The first kappa shape index (κ1) is 20.5. The van der Waals surface area contributed by atoms with Crippen LogP contribution in [-0.2, 0) is 0 Å². The Morgan fingerprint density at radius 3 is 1.19 bits per heavy atom. The molecule has 0 aromatic carbocycles. The molecule has 6 nitrogen and oxygen atoms in total. The molecule has 0 aromatic heterocycles. The topological polar surface area (TPSA) is 129 Å². The lowest BCUT2D eigenvalue weighted by molar-refractivity contribution is 0.653. The molecule has 0 aliphatic rings. The number of guanidine groups is 2. The van der Waals surface area contributed by atoms with Gasteiger partial charge in [-0.2, -0.15) is 0 Å². The summed E-state index contributed by atoms with van der Waals surface area (Å²) in [5.41, 5.74) is 20.7. The largest absolute Gasteiger partial charge is 0.370 e. The van der Waals surface area contributed by atoms with E-state index in [9.17, 15) is 0 Å². The minimum absolute atomic E-state index is 0. The van der Waals surface area contributed by atoms with Gasteiger partial charge in [0.25, 0.3) is 0 Å². The van der Waals surface area contributed by atoms with E-state index in [1.54, 1.807) is 0 Å². The fraction of sp³-hybridized carbons (Fsp3) is 0.750. The summed E-state index contributed by atoms with van der Waals surface area (Å²) < 4.78 is 0. The van der Waals surface area contributed by atoms with Crippen molar-refractivity contribution in [2.24, 2.45) is 32.9 Å². The van der Waals surface area contributed by atoms with Crippen LogP contribution in [0.5, 0.6) is 0 Å². The standard InChI is InChI=1S/C8H20N6.2ClH/c9-7(10)13-5-3-1-2-4-6-14-8(11)12;;/h1-6H2,(H4,9,10,13)(H4,11,12,14);2*1H. The number of hydrogen-bond donors (Lipinski definition) is 4. The van der Waals surface area contributed by atoms with Crippen LogP contribution in [0.2, 0.25) is 0 Å². The van der Waals surface area contributed by atoms with Crippen molar-refractivity contribution < 1.29 is 0 Å². The van der Waals surface area contributed by atoms with Gasteiger partial charge in [-0.1, -0.05) is 12.8 Å². The predicted octanol–water partition coefficient (Wildman–Crippen LogP) is -0.0628. The van der Waals surface area contributed by atoms with Gasteiger partial charge in [-0.3, -0.25) is 9.98 Å². The number of nitrogens with two attached hydrogens (primary N) is 4. The molecule has 0 unspecified atom stereocenters. The maximum Gasteiger partial charge on any atom is 0.185 e. The minimum Gasteiger partial charge on any atom is -0.370 e. The minimum atomic E-state index is 0. The third kappa shape index (κ3) is 18.8. The van der Waals surface area contributed by atoms with Crippen molar-refractivity contribution in [3.63, 3.8) is 0 Å². The van der Waals surface area contributed by atoms with Gasteiger partial charge in [0.15, 0.2) is 11.9 Å². The lowest BCUT2D eigenvalue weighted by Gasteiger charge is -1.97. The third-order valence-corrected chi connectivity index (χ3v) is 1.65. The first-order chi connectivity index (χ1) is 6.63. The van der Waals surface area contributed by atoms with Crippen molar-refractivity contribution in [1.29, 1.82) is 0 Å². The van der Waals surface area contributed by atoms with Crippen LogP contribution in [0.3, 0.4) is 0 Å². The fourth-order valence-corrected chi connectivity index (χ4v) is 0.993. The molecule has 0 saturated carbocycles. The van der Waals surface area contributed by atoms with Crippen molar-refractivity contribution in [3.8, 4) is 0 Å². The van der Waals surface area contributed by atoms with E-state index in [0.29, 0.717) is 13.1 Å². The van der Waals surface area contributed by atoms with Gasteiger partial charge in [-0.15, -0.1) is 24.8 Å².